The smallest absolute Gasteiger partial charge is 0.254 e. The number of nitrogens with two attached hydrogens (primary N) is 1. The van der Waals surface area contributed by atoms with Crippen LogP contribution in [0.4, 0.5) is 0 Å². The molecule has 0 unspecified atom stereocenters. The van der Waals surface area contributed by atoms with E-state index in [2.05, 4.69) is 15.2 Å². The number of H-pyrrole nitrogens is 1. The molecule has 1 aromatic heterocycles. The fourth-order valence-corrected chi connectivity index (χ4v) is 2.85. The summed E-state index contributed by atoms with van der Waals surface area (Å²) in [6.07, 6.45) is 1.83. The van der Waals surface area contributed by atoms with Crippen LogP contribution in [0.2, 0.25) is 0 Å². The standard InChI is InChI=1S/C16H21N5O2/c1-11-18-15(20-19-11)14-6-3-8-21(14)16(22)12-4-2-5-13(10-12)23-9-7-17/h2,4-5,10,14H,3,6-9,17H2,1H3,(H,18,19,20)/t14-/m0/s1. The predicted molar refractivity (Wildman–Crippen MR) is 85.1 cm³/mol. The second-order valence-electron chi connectivity index (χ2n) is 5.60. The Morgan fingerprint density at radius 1 is 1.52 bits per heavy atom. The Labute approximate surface area is 134 Å². The fraction of sp³-hybridized carbons (Fsp3) is 0.438. The molecular weight excluding hydrogens is 294 g/mol. The van der Waals surface area contributed by atoms with Gasteiger partial charge in [0.1, 0.15) is 18.2 Å². The molecule has 7 heteroatoms. The third kappa shape index (κ3) is 3.34. The zero-order valence-corrected chi connectivity index (χ0v) is 13.2. The number of aromatic amines is 1. The first-order valence-corrected chi connectivity index (χ1v) is 7.82. The predicted octanol–water partition coefficient (Wildman–Crippen LogP) is 1.43. The maximum absolute atomic E-state index is 12.8. The molecule has 1 aromatic carbocycles. The molecule has 0 saturated carbocycles. The van der Waals surface area contributed by atoms with Crippen LogP contribution in [-0.2, 0) is 0 Å². The van der Waals surface area contributed by atoms with Crippen LogP contribution in [0.1, 0.15) is 40.9 Å². The number of nitrogens with zero attached hydrogens (tertiary/aromatic N) is 3. The lowest BCUT2D eigenvalue weighted by atomic mass is 10.1. The van der Waals surface area contributed by atoms with Gasteiger partial charge in [0.05, 0.1) is 6.04 Å². The van der Waals surface area contributed by atoms with E-state index in [0.29, 0.717) is 36.8 Å². The van der Waals surface area contributed by atoms with Crippen molar-refractivity contribution in [1.29, 1.82) is 0 Å². The van der Waals surface area contributed by atoms with E-state index in [9.17, 15) is 4.79 Å². The summed E-state index contributed by atoms with van der Waals surface area (Å²) in [6, 6.07) is 7.14. The molecule has 1 saturated heterocycles. The fourth-order valence-electron chi connectivity index (χ4n) is 2.85. The summed E-state index contributed by atoms with van der Waals surface area (Å²) >= 11 is 0. The van der Waals surface area contributed by atoms with Gasteiger partial charge in [0.25, 0.3) is 5.91 Å². The molecule has 7 nitrogen and oxygen atoms in total. The van der Waals surface area contributed by atoms with Crippen LogP contribution in [0.5, 0.6) is 5.75 Å². The van der Waals surface area contributed by atoms with Crippen molar-refractivity contribution in [2.24, 2.45) is 5.73 Å². The van der Waals surface area contributed by atoms with E-state index in [0.717, 1.165) is 18.7 Å². The van der Waals surface area contributed by atoms with Gasteiger partial charge < -0.3 is 15.4 Å². The van der Waals surface area contributed by atoms with Crippen molar-refractivity contribution in [3.63, 3.8) is 0 Å². The number of ether oxygens (including phenoxy) is 1. The Kier molecular flexibility index (Phi) is 4.57. The first kappa shape index (κ1) is 15.5. The van der Waals surface area contributed by atoms with Gasteiger partial charge >= 0.3 is 0 Å². The van der Waals surface area contributed by atoms with Gasteiger partial charge in [-0.05, 0) is 38.0 Å². The monoisotopic (exact) mass is 315 g/mol. The van der Waals surface area contributed by atoms with E-state index in [4.69, 9.17) is 10.5 Å². The lowest BCUT2D eigenvalue weighted by molar-refractivity contribution is 0.0729. The highest BCUT2D eigenvalue weighted by atomic mass is 16.5. The Balaban J connectivity index is 1.79. The lowest BCUT2D eigenvalue weighted by Crippen LogP contribution is -2.31. The van der Waals surface area contributed by atoms with E-state index in [1.807, 2.05) is 24.0 Å². The van der Waals surface area contributed by atoms with Crippen LogP contribution in [0.3, 0.4) is 0 Å². The first-order chi connectivity index (χ1) is 11.2. The molecule has 1 fully saturated rings. The molecule has 0 radical (unpaired) electrons. The van der Waals surface area contributed by atoms with Crippen molar-refractivity contribution in [3.05, 3.63) is 41.5 Å². The number of likely N-dealkylation sites (tertiary alicyclic amines) is 1. The largest absolute Gasteiger partial charge is 0.492 e. The Morgan fingerprint density at radius 2 is 2.39 bits per heavy atom. The second kappa shape index (κ2) is 6.78. The molecule has 23 heavy (non-hydrogen) atoms. The SMILES string of the molecule is Cc1nc([C@@H]2CCCN2C(=O)c2cccc(OCCN)c2)n[nH]1. The molecule has 2 heterocycles. The Bertz CT molecular complexity index is 685. The molecule has 1 aliphatic heterocycles. The first-order valence-electron chi connectivity index (χ1n) is 7.82. The number of rotatable bonds is 5. The summed E-state index contributed by atoms with van der Waals surface area (Å²) in [5.74, 6) is 2.08. The number of aryl methyl sites for hydroxylation is 1. The molecule has 3 rings (SSSR count). The van der Waals surface area contributed by atoms with Gasteiger partial charge in [0.2, 0.25) is 0 Å². The van der Waals surface area contributed by atoms with Gasteiger partial charge in [-0.15, -0.1) is 0 Å². The molecule has 1 aliphatic rings. The van der Waals surface area contributed by atoms with Crippen LogP contribution in [0.25, 0.3) is 0 Å². The van der Waals surface area contributed by atoms with Crippen LogP contribution in [0.15, 0.2) is 24.3 Å². The van der Waals surface area contributed by atoms with Gasteiger partial charge in [0, 0.05) is 18.7 Å². The Morgan fingerprint density at radius 3 is 3.13 bits per heavy atom. The highest BCUT2D eigenvalue weighted by Gasteiger charge is 2.33. The number of hydrogen-bond acceptors (Lipinski definition) is 5. The average molecular weight is 315 g/mol. The molecule has 122 valence electrons. The van der Waals surface area contributed by atoms with E-state index >= 15 is 0 Å². The zero-order chi connectivity index (χ0) is 16.2. The molecule has 3 N–H and O–H groups in total. The number of aromatic nitrogens is 3. The highest BCUT2D eigenvalue weighted by Crippen LogP contribution is 2.31. The minimum Gasteiger partial charge on any atom is -0.492 e. The summed E-state index contributed by atoms with van der Waals surface area (Å²) in [7, 11) is 0. The molecular formula is C16H21N5O2. The molecule has 2 aromatic rings. The molecule has 0 spiro atoms. The minimum absolute atomic E-state index is 0.0202. The van der Waals surface area contributed by atoms with Crippen molar-refractivity contribution in [2.75, 3.05) is 19.7 Å². The van der Waals surface area contributed by atoms with Gasteiger partial charge in [-0.25, -0.2) is 4.98 Å². The van der Waals surface area contributed by atoms with Gasteiger partial charge in [-0.2, -0.15) is 5.10 Å². The summed E-state index contributed by atoms with van der Waals surface area (Å²) < 4.78 is 5.50. The Hall–Kier alpha value is -2.41. The van der Waals surface area contributed by atoms with Crippen molar-refractivity contribution in [3.8, 4) is 5.75 Å². The highest BCUT2D eigenvalue weighted by molar-refractivity contribution is 5.95. The van der Waals surface area contributed by atoms with Gasteiger partial charge in [-0.1, -0.05) is 6.07 Å². The normalized spacial score (nSPS) is 17.5. The number of amides is 1. The maximum Gasteiger partial charge on any atom is 0.254 e. The van der Waals surface area contributed by atoms with Crippen molar-refractivity contribution in [2.45, 2.75) is 25.8 Å². The third-order valence-corrected chi connectivity index (χ3v) is 3.89. The van der Waals surface area contributed by atoms with Gasteiger partial charge in [-0.3, -0.25) is 9.89 Å². The number of hydrogen-bond donors (Lipinski definition) is 2. The summed E-state index contributed by atoms with van der Waals surface area (Å²) in [5, 5.41) is 7.06. The topological polar surface area (TPSA) is 97.1 Å². The molecule has 1 amide bonds. The third-order valence-electron chi connectivity index (χ3n) is 3.89. The average Bonchev–Trinajstić information content (AvgIpc) is 3.21. The van der Waals surface area contributed by atoms with E-state index < -0.39 is 0 Å². The van der Waals surface area contributed by atoms with E-state index in [1.165, 1.54) is 0 Å². The lowest BCUT2D eigenvalue weighted by Gasteiger charge is -2.22. The maximum atomic E-state index is 12.8. The second-order valence-corrected chi connectivity index (χ2v) is 5.60. The minimum atomic E-state index is -0.0685. The van der Waals surface area contributed by atoms with Crippen molar-refractivity contribution < 1.29 is 9.53 Å². The summed E-state index contributed by atoms with van der Waals surface area (Å²) in [5.41, 5.74) is 6.05. The van der Waals surface area contributed by atoms with Crippen LogP contribution < -0.4 is 10.5 Å². The van der Waals surface area contributed by atoms with E-state index in [1.54, 1.807) is 12.1 Å². The number of carbonyl (C=O) groups excluding carboxylic acids is 1. The summed E-state index contributed by atoms with van der Waals surface area (Å²) in [4.78, 5) is 19.1. The summed E-state index contributed by atoms with van der Waals surface area (Å²) in [6.45, 7) is 3.44. The zero-order valence-electron chi connectivity index (χ0n) is 13.2. The molecule has 0 aliphatic carbocycles. The van der Waals surface area contributed by atoms with Crippen molar-refractivity contribution in [1.82, 2.24) is 20.1 Å². The van der Waals surface area contributed by atoms with Crippen LogP contribution >= 0.6 is 0 Å². The number of carbonyl (C=O) groups is 1. The molecule has 0 bridgehead atoms. The molecule has 1 atom stereocenters. The quantitative estimate of drug-likeness (QED) is 0.870. The van der Waals surface area contributed by atoms with Crippen molar-refractivity contribution >= 4 is 5.91 Å². The van der Waals surface area contributed by atoms with Gasteiger partial charge in [0.15, 0.2) is 5.82 Å². The van der Waals surface area contributed by atoms with E-state index in [-0.39, 0.29) is 11.9 Å². The number of benzene rings is 1. The van der Waals surface area contributed by atoms with Crippen LogP contribution in [0, 0.1) is 6.92 Å². The number of nitrogens with one attached hydrogen (secondary N) is 1. The van der Waals surface area contributed by atoms with Crippen LogP contribution in [-0.4, -0.2) is 45.7 Å².